The number of morpholine rings is 1. The van der Waals surface area contributed by atoms with E-state index in [1.807, 2.05) is 16.3 Å². The van der Waals surface area contributed by atoms with E-state index in [1.165, 1.54) is 28.3 Å². The lowest BCUT2D eigenvalue weighted by Gasteiger charge is -2.32. The molecule has 1 aliphatic carbocycles. The van der Waals surface area contributed by atoms with Crippen LogP contribution in [0.25, 0.3) is 0 Å². The maximum atomic E-state index is 12.5. The van der Waals surface area contributed by atoms with E-state index in [4.69, 9.17) is 4.74 Å². The molecule has 1 saturated heterocycles. The van der Waals surface area contributed by atoms with E-state index in [0.29, 0.717) is 19.7 Å². The third-order valence-electron chi connectivity index (χ3n) is 4.27. The molecule has 0 bridgehead atoms. The van der Waals surface area contributed by atoms with Gasteiger partial charge in [0.2, 0.25) is 0 Å². The number of thiophene rings is 1. The Hall–Kier alpha value is -1.44. The van der Waals surface area contributed by atoms with Crippen LogP contribution < -0.4 is 5.32 Å². The minimum atomic E-state index is -0.0686. The molecular weight excluding hydrogens is 330 g/mol. The van der Waals surface area contributed by atoms with Gasteiger partial charge in [0.25, 0.3) is 0 Å². The molecule has 1 N–H and O–H groups in total. The highest BCUT2D eigenvalue weighted by Gasteiger charge is 2.27. The largest absolute Gasteiger partial charge is 0.369 e. The minimum absolute atomic E-state index is 0.0148. The lowest BCUT2D eigenvalue weighted by Crippen LogP contribution is -2.44. The molecule has 2 aliphatic rings. The Morgan fingerprint density at radius 1 is 1.39 bits per heavy atom. The summed E-state index contributed by atoms with van der Waals surface area (Å²) in [6.45, 7) is 1.79. The number of amides is 2. The summed E-state index contributed by atoms with van der Waals surface area (Å²) in [6.07, 6.45) is 4.56. The number of rotatable bonds is 2. The van der Waals surface area contributed by atoms with Crippen LogP contribution in [0.1, 0.15) is 34.4 Å². The first-order chi connectivity index (χ1) is 11.3. The van der Waals surface area contributed by atoms with E-state index < -0.39 is 0 Å². The summed E-state index contributed by atoms with van der Waals surface area (Å²) in [5.74, 6) is 0. The molecule has 23 heavy (non-hydrogen) atoms. The number of carbonyl (C=O) groups excluding carboxylic acids is 1. The Bertz CT molecular complexity index is 660. The van der Waals surface area contributed by atoms with Gasteiger partial charge in [0.15, 0.2) is 5.13 Å². The van der Waals surface area contributed by atoms with E-state index in [0.717, 1.165) is 18.0 Å². The molecule has 0 radical (unpaired) electrons. The number of anilines is 1. The first-order valence-corrected chi connectivity index (χ1v) is 9.69. The maximum Gasteiger partial charge on any atom is 0.323 e. The predicted octanol–water partition coefficient (Wildman–Crippen LogP) is 3.69. The van der Waals surface area contributed by atoms with Gasteiger partial charge < -0.3 is 9.64 Å². The van der Waals surface area contributed by atoms with Crippen LogP contribution in [0.5, 0.6) is 0 Å². The number of aromatic nitrogens is 1. The van der Waals surface area contributed by atoms with Crippen LogP contribution in [0, 0.1) is 0 Å². The second-order valence-electron chi connectivity index (χ2n) is 5.85. The number of nitrogens with one attached hydrogen (secondary N) is 1. The Balaban J connectivity index is 1.41. The third-order valence-corrected chi connectivity index (χ3v) is 6.31. The molecule has 0 unspecified atom stereocenters. The highest BCUT2D eigenvalue weighted by atomic mass is 32.1. The molecule has 2 amide bonds. The van der Waals surface area contributed by atoms with E-state index in [-0.39, 0.29) is 12.1 Å². The number of hydrogen-bond donors (Lipinski definition) is 1. The summed E-state index contributed by atoms with van der Waals surface area (Å²) in [4.78, 5) is 21.4. The predicted molar refractivity (Wildman–Crippen MR) is 92.4 cm³/mol. The molecular formula is C16H19N3O2S2. The molecule has 0 saturated carbocycles. The molecule has 122 valence electrons. The van der Waals surface area contributed by atoms with Crippen LogP contribution in [0.2, 0.25) is 0 Å². The molecule has 7 heteroatoms. The molecule has 0 spiro atoms. The average molecular weight is 349 g/mol. The van der Waals surface area contributed by atoms with Gasteiger partial charge in [-0.3, -0.25) is 5.32 Å². The zero-order valence-electron chi connectivity index (χ0n) is 12.8. The molecule has 5 nitrogen and oxygen atoms in total. The molecule has 0 aromatic carbocycles. The lowest BCUT2D eigenvalue weighted by molar-refractivity contribution is -0.0115. The fraction of sp³-hybridized carbons (Fsp3) is 0.500. The molecule has 1 fully saturated rings. The molecule has 1 atom stereocenters. The highest BCUT2D eigenvalue weighted by molar-refractivity contribution is 7.15. The number of ether oxygens (including phenoxy) is 1. The number of fused-ring (bicyclic) bond motifs is 1. The van der Waals surface area contributed by atoms with Crippen LogP contribution >= 0.6 is 22.7 Å². The van der Waals surface area contributed by atoms with Gasteiger partial charge in [0.05, 0.1) is 18.8 Å². The van der Waals surface area contributed by atoms with Crippen molar-refractivity contribution >= 4 is 33.8 Å². The summed E-state index contributed by atoms with van der Waals surface area (Å²) < 4.78 is 5.79. The lowest BCUT2D eigenvalue weighted by atomic mass is 10.0. The number of hydrogen-bond acceptors (Lipinski definition) is 5. The highest BCUT2D eigenvalue weighted by Crippen LogP contribution is 2.30. The van der Waals surface area contributed by atoms with Gasteiger partial charge in [-0.2, -0.15) is 0 Å². The SMILES string of the molecule is O=C(Nc1nc2c(s1)CCCC2)N1CCO[C@H](c2cccs2)C1. The second kappa shape index (κ2) is 6.59. The maximum absolute atomic E-state index is 12.5. The zero-order valence-corrected chi connectivity index (χ0v) is 14.4. The molecule has 1 aliphatic heterocycles. The third kappa shape index (κ3) is 3.27. The summed E-state index contributed by atoms with van der Waals surface area (Å²) in [7, 11) is 0. The smallest absolute Gasteiger partial charge is 0.323 e. The van der Waals surface area contributed by atoms with Crippen molar-refractivity contribution in [3.8, 4) is 0 Å². The van der Waals surface area contributed by atoms with Crippen molar-refractivity contribution in [1.82, 2.24) is 9.88 Å². The van der Waals surface area contributed by atoms with Gasteiger partial charge in [-0.15, -0.1) is 22.7 Å². The Morgan fingerprint density at radius 3 is 3.13 bits per heavy atom. The van der Waals surface area contributed by atoms with Crippen LogP contribution in [-0.4, -0.2) is 35.6 Å². The zero-order chi connectivity index (χ0) is 15.6. The normalized spacial score (nSPS) is 21.0. The van der Waals surface area contributed by atoms with Crippen LogP contribution in [0.15, 0.2) is 17.5 Å². The van der Waals surface area contributed by atoms with Crippen molar-refractivity contribution < 1.29 is 9.53 Å². The van der Waals surface area contributed by atoms with Crippen molar-refractivity contribution in [2.45, 2.75) is 31.8 Å². The summed E-state index contributed by atoms with van der Waals surface area (Å²) in [6, 6.07) is 4.01. The molecule has 2 aromatic rings. The first-order valence-electron chi connectivity index (χ1n) is 7.99. The monoisotopic (exact) mass is 349 g/mol. The second-order valence-corrected chi connectivity index (χ2v) is 7.91. The summed E-state index contributed by atoms with van der Waals surface area (Å²) in [5, 5.41) is 5.75. The van der Waals surface area contributed by atoms with Crippen molar-refractivity contribution in [3.63, 3.8) is 0 Å². The Kier molecular flexibility index (Phi) is 4.33. The van der Waals surface area contributed by atoms with Crippen molar-refractivity contribution in [2.75, 3.05) is 25.0 Å². The molecule has 2 aromatic heterocycles. The summed E-state index contributed by atoms with van der Waals surface area (Å²) >= 11 is 3.30. The first kappa shape index (κ1) is 15.1. The fourth-order valence-electron chi connectivity index (χ4n) is 3.06. The fourth-order valence-corrected chi connectivity index (χ4v) is 4.86. The van der Waals surface area contributed by atoms with E-state index in [2.05, 4.69) is 16.4 Å². The Morgan fingerprint density at radius 2 is 2.30 bits per heavy atom. The van der Waals surface area contributed by atoms with Gasteiger partial charge in [-0.05, 0) is 37.1 Å². The van der Waals surface area contributed by atoms with Crippen molar-refractivity contribution in [1.29, 1.82) is 0 Å². The van der Waals surface area contributed by atoms with Crippen molar-refractivity contribution in [3.05, 3.63) is 33.0 Å². The number of urea groups is 1. The van der Waals surface area contributed by atoms with Crippen LogP contribution in [0.4, 0.5) is 9.93 Å². The number of aryl methyl sites for hydroxylation is 2. The van der Waals surface area contributed by atoms with Gasteiger partial charge >= 0.3 is 6.03 Å². The minimum Gasteiger partial charge on any atom is -0.369 e. The van der Waals surface area contributed by atoms with Crippen molar-refractivity contribution in [2.24, 2.45) is 0 Å². The quantitative estimate of drug-likeness (QED) is 0.900. The number of nitrogens with zero attached hydrogens (tertiary/aromatic N) is 2. The number of carbonyl (C=O) groups is 1. The Labute approximate surface area is 143 Å². The standard InChI is InChI=1S/C16H19N3O2S2/c20-16(18-15-17-11-4-1-2-5-13(11)23-15)19-7-8-21-12(10-19)14-6-3-9-22-14/h3,6,9,12H,1-2,4-5,7-8,10H2,(H,17,18,20)/t12-/m0/s1. The molecule has 3 heterocycles. The summed E-state index contributed by atoms with van der Waals surface area (Å²) in [5.41, 5.74) is 1.18. The topological polar surface area (TPSA) is 54.5 Å². The van der Waals surface area contributed by atoms with E-state index in [9.17, 15) is 4.79 Å². The van der Waals surface area contributed by atoms with E-state index in [1.54, 1.807) is 22.7 Å². The van der Waals surface area contributed by atoms with Gasteiger partial charge in [-0.25, -0.2) is 9.78 Å². The van der Waals surface area contributed by atoms with Crippen LogP contribution in [-0.2, 0) is 17.6 Å². The van der Waals surface area contributed by atoms with Crippen LogP contribution in [0.3, 0.4) is 0 Å². The number of thiazole rings is 1. The van der Waals surface area contributed by atoms with Gasteiger partial charge in [0.1, 0.15) is 6.10 Å². The van der Waals surface area contributed by atoms with Gasteiger partial charge in [-0.1, -0.05) is 6.07 Å². The van der Waals surface area contributed by atoms with Gasteiger partial charge in [0, 0.05) is 16.3 Å². The average Bonchev–Trinajstić information content (AvgIpc) is 3.24. The molecule has 4 rings (SSSR count). The van der Waals surface area contributed by atoms with E-state index >= 15 is 0 Å².